The van der Waals surface area contributed by atoms with Gasteiger partial charge in [0.15, 0.2) is 9.84 Å². The van der Waals surface area contributed by atoms with Crippen molar-refractivity contribution in [3.63, 3.8) is 0 Å². The van der Waals surface area contributed by atoms with Crippen molar-refractivity contribution in [1.29, 1.82) is 0 Å². The Morgan fingerprint density at radius 2 is 1.71 bits per heavy atom. The van der Waals surface area contributed by atoms with Gasteiger partial charge < -0.3 is 14.4 Å². The minimum Gasteiger partial charge on any atom is -0.494 e. The first-order valence-electron chi connectivity index (χ1n) is 10.8. The summed E-state index contributed by atoms with van der Waals surface area (Å²) in [7, 11) is -3.12. The average Bonchev–Trinajstić information content (AvgIpc) is 3.10. The molecule has 0 aliphatic carbocycles. The molecule has 1 atom stereocenters. The molecule has 0 aromatic heterocycles. The van der Waals surface area contributed by atoms with E-state index in [-0.39, 0.29) is 29.6 Å². The van der Waals surface area contributed by atoms with Gasteiger partial charge in [0.2, 0.25) is 0 Å². The minimum absolute atomic E-state index is 0.00494. The second-order valence-corrected chi connectivity index (χ2v) is 10.4. The van der Waals surface area contributed by atoms with Crippen molar-refractivity contribution in [2.24, 2.45) is 0 Å². The molecule has 0 radical (unpaired) electrons. The highest BCUT2D eigenvalue weighted by molar-refractivity contribution is 7.91. The van der Waals surface area contributed by atoms with Crippen LogP contribution in [0.4, 0.5) is 0 Å². The third-order valence-electron chi connectivity index (χ3n) is 5.13. The molecule has 3 rings (SSSR count). The van der Waals surface area contributed by atoms with Gasteiger partial charge in [-0.2, -0.15) is 0 Å². The summed E-state index contributed by atoms with van der Waals surface area (Å²) >= 11 is 0. The lowest BCUT2D eigenvalue weighted by molar-refractivity contribution is 0.0681. The summed E-state index contributed by atoms with van der Waals surface area (Å²) < 4.78 is 35.4. The Hall–Kier alpha value is -2.54. The van der Waals surface area contributed by atoms with Crippen LogP contribution >= 0.6 is 0 Å². The molecular weight excluding hydrogens is 414 g/mol. The summed E-state index contributed by atoms with van der Waals surface area (Å²) in [5.74, 6) is 1.43. The maximum atomic E-state index is 13.4. The predicted molar refractivity (Wildman–Crippen MR) is 121 cm³/mol. The molecule has 0 bridgehead atoms. The van der Waals surface area contributed by atoms with Gasteiger partial charge in [-0.15, -0.1) is 0 Å². The van der Waals surface area contributed by atoms with Crippen molar-refractivity contribution in [3.05, 3.63) is 59.7 Å². The monoisotopic (exact) mass is 445 g/mol. The molecule has 7 heteroatoms. The van der Waals surface area contributed by atoms with Crippen LogP contribution in [0.2, 0.25) is 0 Å². The fourth-order valence-corrected chi connectivity index (χ4v) is 5.34. The number of nitrogens with zero attached hydrogens (tertiary/aromatic N) is 1. The van der Waals surface area contributed by atoms with Gasteiger partial charge in [0, 0.05) is 18.2 Å². The Morgan fingerprint density at radius 3 is 2.26 bits per heavy atom. The van der Waals surface area contributed by atoms with Crippen LogP contribution in [-0.2, 0) is 16.4 Å². The lowest BCUT2D eigenvalue weighted by Gasteiger charge is -2.29. The SMILES string of the molecule is CCCOc1ccc(CN(C(=O)c2ccc(OC(C)C)cc2)C2CCS(=O)(=O)C2)cc1. The van der Waals surface area contributed by atoms with E-state index in [4.69, 9.17) is 9.47 Å². The van der Waals surface area contributed by atoms with E-state index in [9.17, 15) is 13.2 Å². The quantitative estimate of drug-likeness (QED) is 0.581. The molecule has 1 fully saturated rings. The van der Waals surface area contributed by atoms with E-state index >= 15 is 0 Å². The number of carbonyl (C=O) groups excluding carboxylic acids is 1. The van der Waals surface area contributed by atoms with Crippen LogP contribution in [-0.4, -0.2) is 49.5 Å². The summed E-state index contributed by atoms with van der Waals surface area (Å²) in [6.45, 7) is 6.94. The summed E-state index contributed by atoms with van der Waals surface area (Å²) in [6.07, 6.45) is 1.44. The Morgan fingerprint density at radius 1 is 1.06 bits per heavy atom. The topological polar surface area (TPSA) is 72.9 Å². The zero-order chi connectivity index (χ0) is 22.4. The van der Waals surface area contributed by atoms with Crippen LogP contribution in [0.5, 0.6) is 11.5 Å². The molecule has 1 unspecified atom stereocenters. The molecule has 31 heavy (non-hydrogen) atoms. The smallest absolute Gasteiger partial charge is 0.254 e. The maximum Gasteiger partial charge on any atom is 0.254 e. The van der Waals surface area contributed by atoms with Crippen LogP contribution in [0.25, 0.3) is 0 Å². The summed E-state index contributed by atoms with van der Waals surface area (Å²) in [4.78, 5) is 15.0. The third-order valence-corrected chi connectivity index (χ3v) is 6.88. The van der Waals surface area contributed by atoms with E-state index in [1.807, 2.05) is 38.1 Å². The van der Waals surface area contributed by atoms with Gasteiger partial charge in [0.1, 0.15) is 11.5 Å². The highest BCUT2D eigenvalue weighted by atomic mass is 32.2. The zero-order valence-electron chi connectivity index (χ0n) is 18.4. The van der Waals surface area contributed by atoms with Gasteiger partial charge in [-0.3, -0.25) is 4.79 Å². The van der Waals surface area contributed by atoms with Gasteiger partial charge in [-0.25, -0.2) is 8.42 Å². The maximum absolute atomic E-state index is 13.4. The Bertz CT molecular complexity index is 968. The summed E-state index contributed by atoms with van der Waals surface area (Å²) in [5.41, 5.74) is 1.45. The molecule has 1 amide bonds. The summed E-state index contributed by atoms with van der Waals surface area (Å²) in [5, 5.41) is 0. The van der Waals surface area contributed by atoms with Crippen LogP contribution in [0, 0.1) is 0 Å². The van der Waals surface area contributed by atoms with Crippen molar-refractivity contribution in [2.75, 3.05) is 18.1 Å². The van der Waals surface area contributed by atoms with E-state index < -0.39 is 9.84 Å². The number of hydrogen-bond acceptors (Lipinski definition) is 5. The molecule has 0 saturated carbocycles. The normalized spacial score (nSPS) is 17.5. The van der Waals surface area contributed by atoms with Gasteiger partial charge >= 0.3 is 0 Å². The van der Waals surface area contributed by atoms with Gasteiger partial charge in [-0.1, -0.05) is 19.1 Å². The number of amides is 1. The van der Waals surface area contributed by atoms with Crippen molar-refractivity contribution in [1.82, 2.24) is 4.90 Å². The van der Waals surface area contributed by atoms with E-state index in [0.29, 0.717) is 30.9 Å². The number of sulfone groups is 1. The third kappa shape index (κ3) is 6.47. The van der Waals surface area contributed by atoms with Crippen molar-refractivity contribution >= 4 is 15.7 Å². The molecule has 0 spiro atoms. The first kappa shape index (κ1) is 23.1. The molecule has 1 heterocycles. The molecule has 6 nitrogen and oxygen atoms in total. The fourth-order valence-electron chi connectivity index (χ4n) is 3.61. The van der Waals surface area contributed by atoms with E-state index in [2.05, 4.69) is 6.92 Å². The summed E-state index contributed by atoms with van der Waals surface area (Å²) in [6, 6.07) is 14.3. The second kappa shape index (κ2) is 10.2. The van der Waals surface area contributed by atoms with Crippen LogP contribution in [0.15, 0.2) is 48.5 Å². The number of ether oxygens (including phenoxy) is 2. The minimum atomic E-state index is -3.12. The molecule has 2 aromatic rings. The van der Waals surface area contributed by atoms with E-state index in [0.717, 1.165) is 17.7 Å². The van der Waals surface area contributed by atoms with Crippen molar-refractivity contribution in [2.45, 2.75) is 52.3 Å². The number of benzene rings is 2. The van der Waals surface area contributed by atoms with Crippen LogP contribution in [0.3, 0.4) is 0 Å². The molecule has 1 aliphatic heterocycles. The first-order valence-corrected chi connectivity index (χ1v) is 12.6. The van der Waals surface area contributed by atoms with Crippen LogP contribution in [0.1, 0.15) is 49.5 Å². The van der Waals surface area contributed by atoms with E-state index in [1.165, 1.54) is 0 Å². The molecular formula is C24H31NO5S. The Labute approximate surface area is 185 Å². The molecule has 0 N–H and O–H groups in total. The van der Waals surface area contributed by atoms with Crippen LogP contribution < -0.4 is 9.47 Å². The number of hydrogen-bond donors (Lipinski definition) is 0. The Balaban J connectivity index is 1.80. The molecule has 2 aromatic carbocycles. The highest BCUT2D eigenvalue weighted by Crippen LogP contribution is 2.24. The van der Waals surface area contributed by atoms with Gasteiger partial charge in [-0.05, 0) is 68.7 Å². The average molecular weight is 446 g/mol. The lowest BCUT2D eigenvalue weighted by atomic mass is 10.1. The second-order valence-electron chi connectivity index (χ2n) is 8.17. The van der Waals surface area contributed by atoms with E-state index in [1.54, 1.807) is 29.2 Å². The largest absolute Gasteiger partial charge is 0.494 e. The zero-order valence-corrected chi connectivity index (χ0v) is 19.2. The number of carbonyl (C=O) groups is 1. The standard InChI is InChI=1S/C24H31NO5S/c1-4-14-29-22-9-5-19(6-10-22)16-25(21-13-15-31(27,28)17-21)24(26)20-7-11-23(12-8-20)30-18(2)3/h5-12,18,21H,4,13-17H2,1-3H3. The lowest BCUT2D eigenvalue weighted by Crippen LogP contribution is -2.40. The predicted octanol–water partition coefficient (Wildman–Crippen LogP) is 4.09. The van der Waals surface area contributed by atoms with Gasteiger partial charge in [0.05, 0.1) is 24.2 Å². The molecule has 1 aliphatic rings. The van der Waals surface area contributed by atoms with Gasteiger partial charge in [0.25, 0.3) is 5.91 Å². The fraction of sp³-hybridized carbons (Fsp3) is 0.458. The molecule has 1 saturated heterocycles. The number of rotatable bonds is 9. The highest BCUT2D eigenvalue weighted by Gasteiger charge is 2.35. The first-order chi connectivity index (χ1) is 14.8. The van der Waals surface area contributed by atoms with Crippen molar-refractivity contribution in [3.8, 4) is 11.5 Å². The molecule has 168 valence electrons. The Kier molecular flexibility index (Phi) is 7.59. The van der Waals surface area contributed by atoms with Crippen molar-refractivity contribution < 1.29 is 22.7 Å².